The van der Waals surface area contributed by atoms with E-state index in [4.69, 9.17) is 0 Å². The van der Waals surface area contributed by atoms with Crippen LogP contribution in [0.5, 0.6) is 0 Å². The molecule has 0 spiro atoms. The van der Waals surface area contributed by atoms with Crippen LogP contribution in [0.15, 0.2) is 30.3 Å². The molecule has 0 nitrogen and oxygen atoms in total. The molecule has 0 aromatic heterocycles. The van der Waals surface area contributed by atoms with Crippen molar-refractivity contribution in [3.63, 3.8) is 0 Å². The smallest absolute Gasteiger partial charge is 0.0384 e. The van der Waals surface area contributed by atoms with Crippen molar-refractivity contribution < 1.29 is 0 Å². The lowest BCUT2D eigenvalue weighted by Crippen LogP contribution is -1.98. The SMILES string of the molecule is CCCCCC[Si]CC(C)c1ccccc1. The molecule has 1 aromatic carbocycles. The molecule has 1 aromatic rings. The molecule has 0 aliphatic carbocycles. The van der Waals surface area contributed by atoms with E-state index in [-0.39, 0.29) is 0 Å². The minimum Gasteiger partial charge on any atom is -0.0654 e. The van der Waals surface area contributed by atoms with Crippen LogP contribution in [0.3, 0.4) is 0 Å². The second-order valence-corrected chi connectivity index (χ2v) is 5.98. The topological polar surface area (TPSA) is 0 Å². The van der Waals surface area contributed by atoms with Gasteiger partial charge in [0, 0.05) is 9.52 Å². The molecule has 0 saturated heterocycles. The van der Waals surface area contributed by atoms with E-state index in [1.807, 2.05) is 0 Å². The minimum atomic E-state index is 0.741. The Morgan fingerprint density at radius 3 is 2.50 bits per heavy atom. The van der Waals surface area contributed by atoms with E-state index in [1.165, 1.54) is 43.3 Å². The largest absolute Gasteiger partial charge is 0.0654 e. The molecule has 16 heavy (non-hydrogen) atoms. The molecular formula is C15H24Si. The fourth-order valence-electron chi connectivity index (χ4n) is 1.89. The van der Waals surface area contributed by atoms with Crippen molar-refractivity contribution in [3.05, 3.63) is 35.9 Å². The highest BCUT2D eigenvalue weighted by molar-refractivity contribution is 6.35. The molecule has 0 aliphatic rings. The third-order valence-electron chi connectivity index (χ3n) is 3.03. The van der Waals surface area contributed by atoms with Crippen LogP contribution in [0.4, 0.5) is 0 Å². The van der Waals surface area contributed by atoms with Crippen LogP contribution in [0.2, 0.25) is 12.1 Å². The molecule has 1 rings (SSSR count). The zero-order valence-electron chi connectivity index (χ0n) is 10.7. The average Bonchev–Trinajstić information content (AvgIpc) is 2.34. The lowest BCUT2D eigenvalue weighted by molar-refractivity contribution is 0.698. The first-order valence-corrected chi connectivity index (χ1v) is 8.01. The van der Waals surface area contributed by atoms with E-state index in [2.05, 4.69) is 44.2 Å². The fourth-order valence-corrected chi connectivity index (χ4v) is 3.27. The first-order chi connectivity index (χ1) is 7.84. The van der Waals surface area contributed by atoms with Crippen LogP contribution in [0.1, 0.15) is 51.0 Å². The van der Waals surface area contributed by atoms with Gasteiger partial charge in [0.15, 0.2) is 0 Å². The number of hydrogen-bond acceptors (Lipinski definition) is 0. The van der Waals surface area contributed by atoms with Gasteiger partial charge in [-0.15, -0.1) is 0 Å². The molecule has 0 aliphatic heterocycles. The Morgan fingerprint density at radius 2 is 1.81 bits per heavy atom. The lowest BCUT2D eigenvalue weighted by Gasteiger charge is -2.10. The van der Waals surface area contributed by atoms with E-state index < -0.39 is 0 Å². The Bertz CT molecular complexity index is 255. The van der Waals surface area contributed by atoms with Crippen LogP contribution in [0, 0.1) is 0 Å². The third-order valence-corrected chi connectivity index (χ3v) is 4.63. The van der Waals surface area contributed by atoms with Gasteiger partial charge in [-0.05, 0) is 11.5 Å². The summed E-state index contributed by atoms with van der Waals surface area (Å²) >= 11 is 0. The molecule has 0 amide bonds. The zero-order valence-corrected chi connectivity index (χ0v) is 11.7. The van der Waals surface area contributed by atoms with Gasteiger partial charge in [0.25, 0.3) is 0 Å². The van der Waals surface area contributed by atoms with Gasteiger partial charge in [-0.3, -0.25) is 0 Å². The molecule has 0 fully saturated rings. The maximum atomic E-state index is 2.36. The van der Waals surface area contributed by atoms with Gasteiger partial charge >= 0.3 is 0 Å². The van der Waals surface area contributed by atoms with Gasteiger partial charge in [-0.25, -0.2) is 0 Å². The first-order valence-electron chi connectivity index (χ1n) is 6.60. The Balaban J connectivity index is 2.09. The molecule has 0 saturated carbocycles. The molecule has 2 radical (unpaired) electrons. The highest BCUT2D eigenvalue weighted by Gasteiger charge is 2.04. The monoisotopic (exact) mass is 232 g/mol. The van der Waals surface area contributed by atoms with Gasteiger partial charge < -0.3 is 0 Å². The van der Waals surface area contributed by atoms with Crippen LogP contribution in [-0.4, -0.2) is 9.52 Å². The van der Waals surface area contributed by atoms with Crippen LogP contribution < -0.4 is 0 Å². The number of rotatable bonds is 8. The number of unbranched alkanes of at least 4 members (excludes halogenated alkanes) is 3. The second kappa shape index (κ2) is 8.57. The zero-order chi connectivity index (χ0) is 11.6. The predicted octanol–water partition coefficient (Wildman–Crippen LogP) is 4.91. The third kappa shape index (κ3) is 5.50. The van der Waals surface area contributed by atoms with Crippen molar-refractivity contribution in [1.29, 1.82) is 0 Å². The second-order valence-electron chi connectivity index (χ2n) is 4.58. The normalized spacial score (nSPS) is 12.6. The van der Waals surface area contributed by atoms with Crippen molar-refractivity contribution in [2.45, 2.75) is 57.5 Å². The number of hydrogen-bond donors (Lipinski definition) is 0. The summed E-state index contributed by atoms with van der Waals surface area (Å²) in [5.41, 5.74) is 1.50. The van der Waals surface area contributed by atoms with E-state index in [0.717, 1.165) is 15.4 Å². The van der Waals surface area contributed by atoms with Crippen LogP contribution in [-0.2, 0) is 0 Å². The molecular weight excluding hydrogens is 208 g/mol. The summed E-state index contributed by atoms with van der Waals surface area (Å²) in [7, 11) is 1.15. The molecule has 0 bridgehead atoms. The van der Waals surface area contributed by atoms with Gasteiger partial charge in [-0.1, -0.05) is 82.0 Å². The van der Waals surface area contributed by atoms with Crippen molar-refractivity contribution >= 4 is 9.52 Å². The quantitative estimate of drug-likeness (QED) is 0.441. The van der Waals surface area contributed by atoms with Crippen molar-refractivity contribution in [2.24, 2.45) is 0 Å². The van der Waals surface area contributed by atoms with Gasteiger partial charge in [-0.2, -0.15) is 0 Å². The Labute approximate surface area is 103 Å². The molecule has 0 heterocycles. The summed E-state index contributed by atoms with van der Waals surface area (Å²) in [6, 6.07) is 13.7. The van der Waals surface area contributed by atoms with Crippen LogP contribution in [0.25, 0.3) is 0 Å². The van der Waals surface area contributed by atoms with Gasteiger partial charge in [0.1, 0.15) is 0 Å². The van der Waals surface area contributed by atoms with Gasteiger partial charge in [0.2, 0.25) is 0 Å². The summed E-state index contributed by atoms with van der Waals surface area (Å²) in [6.07, 6.45) is 5.64. The van der Waals surface area contributed by atoms with Crippen LogP contribution >= 0.6 is 0 Å². The Kier molecular flexibility index (Phi) is 7.23. The highest BCUT2D eigenvalue weighted by Crippen LogP contribution is 2.19. The molecule has 88 valence electrons. The first kappa shape index (κ1) is 13.5. The fraction of sp³-hybridized carbons (Fsp3) is 0.600. The number of benzene rings is 1. The summed E-state index contributed by atoms with van der Waals surface area (Å²) in [5, 5.41) is 0. The molecule has 1 heteroatoms. The highest BCUT2D eigenvalue weighted by atomic mass is 28.2. The Morgan fingerprint density at radius 1 is 1.06 bits per heavy atom. The maximum Gasteiger partial charge on any atom is 0.0384 e. The average molecular weight is 232 g/mol. The van der Waals surface area contributed by atoms with E-state index in [1.54, 1.807) is 0 Å². The van der Waals surface area contributed by atoms with E-state index in [0.29, 0.717) is 0 Å². The minimum absolute atomic E-state index is 0.741. The standard InChI is InChI=1S/C15H24Si/c1-3-4-5-9-12-16-13-14(2)15-10-7-6-8-11-15/h6-8,10-11,14H,3-5,9,12-13H2,1-2H3. The maximum absolute atomic E-state index is 2.36. The van der Waals surface area contributed by atoms with Crippen molar-refractivity contribution in [3.8, 4) is 0 Å². The molecule has 1 atom stereocenters. The van der Waals surface area contributed by atoms with Gasteiger partial charge in [0.05, 0.1) is 0 Å². The summed E-state index contributed by atoms with van der Waals surface area (Å²) < 4.78 is 0. The summed E-state index contributed by atoms with van der Waals surface area (Å²) in [6.45, 7) is 4.63. The summed E-state index contributed by atoms with van der Waals surface area (Å²) in [4.78, 5) is 0. The van der Waals surface area contributed by atoms with Crippen molar-refractivity contribution in [2.75, 3.05) is 0 Å². The molecule has 1 unspecified atom stereocenters. The van der Waals surface area contributed by atoms with E-state index in [9.17, 15) is 0 Å². The van der Waals surface area contributed by atoms with Crippen molar-refractivity contribution in [1.82, 2.24) is 0 Å². The lowest BCUT2D eigenvalue weighted by atomic mass is 10.0. The Hall–Kier alpha value is -0.563. The van der Waals surface area contributed by atoms with E-state index >= 15 is 0 Å². The predicted molar refractivity (Wildman–Crippen MR) is 74.4 cm³/mol. The summed E-state index contributed by atoms with van der Waals surface area (Å²) in [5.74, 6) is 0.741. The molecule has 0 N–H and O–H groups in total.